The van der Waals surface area contributed by atoms with Gasteiger partial charge in [0, 0.05) is 24.8 Å². The SMILES string of the molecule is Cc1c(C#CCN)cccc1C(=O)N(C)C1CCOC1. The van der Waals surface area contributed by atoms with Gasteiger partial charge in [-0.2, -0.15) is 0 Å². The quantitative estimate of drug-likeness (QED) is 0.822. The molecule has 2 rings (SSSR count). The summed E-state index contributed by atoms with van der Waals surface area (Å²) in [7, 11) is 1.83. The molecule has 0 spiro atoms. The van der Waals surface area contributed by atoms with Crippen LogP contribution in [0.25, 0.3) is 0 Å². The maximum Gasteiger partial charge on any atom is 0.254 e. The first kappa shape index (κ1) is 14.6. The number of nitrogens with zero attached hydrogens (tertiary/aromatic N) is 1. The minimum Gasteiger partial charge on any atom is -0.379 e. The van der Waals surface area contributed by atoms with Gasteiger partial charge >= 0.3 is 0 Å². The predicted octanol–water partition coefficient (Wildman–Crippen LogP) is 1.17. The molecule has 1 unspecified atom stereocenters. The van der Waals surface area contributed by atoms with Crippen LogP contribution in [0.2, 0.25) is 0 Å². The van der Waals surface area contributed by atoms with Crippen LogP contribution in [0.3, 0.4) is 0 Å². The molecule has 1 aliphatic rings. The van der Waals surface area contributed by atoms with E-state index in [4.69, 9.17) is 10.5 Å². The molecule has 1 atom stereocenters. The van der Waals surface area contributed by atoms with Crippen molar-refractivity contribution >= 4 is 5.91 Å². The lowest BCUT2D eigenvalue weighted by Crippen LogP contribution is -2.37. The zero-order valence-corrected chi connectivity index (χ0v) is 12.0. The number of rotatable bonds is 2. The molecule has 0 aliphatic carbocycles. The van der Waals surface area contributed by atoms with Crippen LogP contribution in [0.15, 0.2) is 18.2 Å². The first-order chi connectivity index (χ1) is 9.65. The molecule has 0 aromatic heterocycles. The first-order valence-corrected chi connectivity index (χ1v) is 6.78. The minimum absolute atomic E-state index is 0.0226. The van der Waals surface area contributed by atoms with Gasteiger partial charge in [0.2, 0.25) is 0 Å². The standard InChI is InChI=1S/C16H20N2O2/c1-12-13(6-4-9-17)5-3-7-15(12)16(19)18(2)14-8-10-20-11-14/h3,5,7,14H,8-11,17H2,1-2H3. The van der Waals surface area contributed by atoms with E-state index in [9.17, 15) is 4.79 Å². The second-order valence-corrected chi connectivity index (χ2v) is 4.92. The van der Waals surface area contributed by atoms with E-state index in [0.29, 0.717) is 18.7 Å². The summed E-state index contributed by atoms with van der Waals surface area (Å²) in [6.45, 7) is 3.58. The number of carbonyl (C=O) groups excluding carboxylic acids is 1. The molecule has 1 amide bonds. The average Bonchev–Trinajstić information content (AvgIpc) is 2.99. The Labute approximate surface area is 119 Å². The molecule has 1 aliphatic heterocycles. The highest BCUT2D eigenvalue weighted by Crippen LogP contribution is 2.18. The van der Waals surface area contributed by atoms with Gasteiger partial charge in [-0.1, -0.05) is 17.9 Å². The summed E-state index contributed by atoms with van der Waals surface area (Å²) >= 11 is 0. The highest BCUT2D eigenvalue weighted by molar-refractivity contribution is 5.96. The van der Waals surface area contributed by atoms with E-state index in [2.05, 4.69) is 11.8 Å². The molecule has 0 radical (unpaired) electrons. The smallest absolute Gasteiger partial charge is 0.254 e. The summed E-state index contributed by atoms with van der Waals surface area (Å²) in [5.41, 5.74) is 7.86. The number of hydrogen-bond acceptors (Lipinski definition) is 3. The Morgan fingerprint density at radius 3 is 3.00 bits per heavy atom. The maximum absolute atomic E-state index is 12.6. The van der Waals surface area contributed by atoms with Crippen LogP contribution in [-0.4, -0.2) is 43.7 Å². The Balaban J connectivity index is 2.25. The Kier molecular flexibility index (Phi) is 4.78. The van der Waals surface area contributed by atoms with E-state index in [1.54, 1.807) is 4.90 Å². The predicted molar refractivity (Wildman–Crippen MR) is 78.4 cm³/mol. The average molecular weight is 272 g/mol. The second-order valence-electron chi connectivity index (χ2n) is 4.92. The van der Waals surface area contributed by atoms with Gasteiger partial charge in [0.25, 0.3) is 5.91 Å². The van der Waals surface area contributed by atoms with Crippen molar-refractivity contribution in [1.29, 1.82) is 0 Å². The molecule has 1 saturated heterocycles. The molecule has 0 bridgehead atoms. The van der Waals surface area contributed by atoms with Gasteiger partial charge in [-0.05, 0) is 31.0 Å². The zero-order valence-electron chi connectivity index (χ0n) is 12.0. The summed E-state index contributed by atoms with van der Waals surface area (Å²) in [6.07, 6.45) is 0.897. The van der Waals surface area contributed by atoms with E-state index < -0.39 is 0 Å². The topological polar surface area (TPSA) is 55.6 Å². The Hall–Kier alpha value is -1.83. The number of ether oxygens (including phenoxy) is 1. The fourth-order valence-corrected chi connectivity index (χ4v) is 2.33. The van der Waals surface area contributed by atoms with Crippen LogP contribution in [-0.2, 0) is 4.74 Å². The third kappa shape index (κ3) is 3.01. The van der Waals surface area contributed by atoms with E-state index >= 15 is 0 Å². The third-order valence-corrected chi connectivity index (χ3v) is 3.66. The molecule has 4 heteroatoms. The molecule has 0 saturated carbocycles. The lowest BCUT2D eigenvalue weighted by molar-refractivity contribution is 0.0710. The van der Waals surface area contributed by atoms with Crippen molar-refractivity contribution in [2.75, 3.05) is 26.8 Å². The van der Waals surface area contributed by atoms with Gasteiger partial charge in [0.05, 0.1) is 19.2 Å². The van der Waals surface area contributed by atoms with Crippen molar-refractivity contribution in [3.63, 3.8) is 0 Å². The summed E-state index contributed by atoms with van der Waals surface area (Å²) in [6, 6.07) is 5.78. The van der Waals surface area contributed by atoms with Crippen molar-refractivity contribution in [2.24, 2.45) is 5.73 Å². The summed E-state index contributed by atoms with van der Waals surface area (Å²) < 4.78 is 5.34. The van der Waals surface area contributed by atoms with Crippen LogP contribution in [0.4, 0.5) is 0 Å². The molecule has 1 fully saturated rings. The summed E-state index contributed by atoms with van der Waals surface area (Å²) in [5.74, 6) is 5.86. The Morgan fingerprint density at radius 2 is 2.35 bits per heavy atom. The van der Waals surface area contributed by atoms with Crippen molar-refractivity contribution in [3.05, 3.63) is 34.9 Å². The maximum atomic E-state index is 12.6. The van der Waals surface area contributed by atoms with Gasteiger partial charge in [-0.25, -0.2) is 0 Å². The molecule has 4 nitrogen and oxygen atoms in total. The normalized spacial score (nSPS) is 17.4. The third-order valence-electron chi connectivity index (χ3n) is 3.66. The van der Waals surface area contributed by atoms with Gasteiger partial charge in [0.1, 0.15) is 0 Å². The number of benzene rings is 1. The first-order valence-electron chi connectivity index (χ1n) is 6.78. The van der Waals surface area contributed by atoms with Gasteiger partial charge < -0.3 is 15.4 Å². The van der Waals surface area contributed by atoms with Crippen LogP contribution in [0.5, 0.6) is 0 Å². The number of nitrogens with two attached hydrogens (primary N) is 1. The zero-order chi connectivity index (χ0) is 14.5. The van der Waals surface area contributed by atoms with E-state index in [-0.39, 0.29) is 11.9 Å². The van der Waals surface area contributed by atoms with E-state index in [1.807, 2.05) is 32.2 Å². The monoisotopic (exact) mass is 272 g/mol. The fourth-order valence-electron chi connectivity index (χ4n) is 2.33. The lowest BCUT2D eigenvalue weighted by atomic mass is 10.0. The molecule has 1 aromatic rings. The van der Waals surface area contributed by atoms with Gasteiger partial charge in [-0.15, -0.1) is 0 Å². The number of amides is 1. The van der Waals surface area contributed by atoms with Crippen molar-refractivity contribution in [3.8, 4) is 11.8 Å². The number of carbonyl (C=O) groups is 1. The van der Waals surface area contributed by atoms with Crippen LogP contribution in [0.1, 0.15) is 27.9 Å². The van der Waals surface area contributed by atoms with Crippen LogP contribution >= 0.6 is 0 Å². The molecule has 20 heavy (non-hydrogen) atoms. The van der Waals surface area contributed by atoms with Crippen molar-refractivity contribution in [2.45, 2.75) is 19.4 Å². The summed E-state index contributed by atoms with van der Waals surface area (Å²) in [5, 5.41) is 0. The highest BCUT2D eigenvalue weighted by Gasteiger charge is 2.25. The lowest BCUT2D eigenvalue weighted by Gasteiger charge is -2.24. The van der Waals surface area contributed by atoms with Gasteiger partial charge in [0.15, 0.2) is 0 Å². The largest absolute Gasteiger partial charge is 0.379 e. The van der Waals surface area contributed by atoms with Crippen molar-refractivity contribution in [1.82, 2.24) is 4.90 Å². The number of likely N-dealkylation sites (N-methyl/N-ethyl adjacent to an activating group) is 1. The molecular weight excluding hydrogens is 252 g/mol. The molecule has 1 heterocycles. The van der Waals surface area contributed by atoms with E-state index in [0.717, 1.165) is 24.2 Å². The number of hydrogen-bond donors (Lipinski definition) is 1. The minimum atomic E-state index is 0.0226. The van der Waals surface area contributed by atoms with Crippen LogP contribution < -0.4 is 5.73 Å². The molecule has 2 N–H and O–H groups in total. The van der Waals surface area contributed by atoms with Gasteiger partial charge in [-0.3, -0.25) is 4.79 Å². The van der Waals surface area contributed by atoms with E-state index in [1.165, 1.54) is 0 Å². The highest BCUT2D eigenvalue weighted by atomic mass is 16.5. The van der Waals surface area contributed by atoms with Crippen molar-refractivity contribution < 1.29 is 9.53 Å². The Bertz CT molecular complexity index is 551. The fraction of sp³-hybridized carbons (Fsp3) is 0.438. The summed E-state index contributed by atoms with van der Waals surface area (Å²) in [4.78, 5) is 14.3. The Morgan fingerprint density at radius 1 is 1.55 bits per heavy atom. The van der Waals surface area contributed by atoms with Crippen LogP contribution in [0, 0.1) is 18.8 Å². The molecule has 106 valence electrons. The molecular formula is C16H20N2O2. The second kappa shape index (κ2) is 6.56. The molecule has 1 aromatic carbocycles.